The maximum atomic E-state index is 8.73. The molecule has 0 spiro atoms. The SMILES string of the molecule is C.Nc1ncccc1O. The van der Waals surface area contributed by atoms with E-state index in [1.54, 1.807) is 6.07 Å². The Morgan fingerprint density at radius 3 is 2.56 bits per heavy atom. The van der Waals surface area contributed by atoms with Crippen LogP contribution in [0.25, 0.3) is 0 Å². The number of nitrogens with zero attached hydrogens (tertiary/aromatic N) is 1. The highest BCUT2D eigenvalue weighted by atomic mass is 16.3. The van der Waals surface area contributed by atoms with Crippen molar-refractivity contribution >= 4 is 5.82 Å². The summed E-state index contributed by atoms with van der Waals surface area (Å²) >= 11 is 0. The van der Waals surface area contributed by atoms with Gasteiger partial charge in [0, 0.05) is 6.20 Å². The van der Waals surface area contributed by atoms with Gasteiger partial charge in [0.15, 0.2) is 11.6 Å². The van der Waals surface area contributed by atoms with Gasteiger partial charge in [-0.1, -0.05) is 7.43 Å². The molecular formula is C6H10N2O. The largest absolute Gasteiger partial charge is 0.504 e. The van der Waals surface area contributed by atoms with Crippen LogP contribution in [-0.4, -0.2) is 10.1 Å². The fourth-order valence-electron chi connectivity index (χ4n) is 0.409. The molecule has 0 aliphatic rings. The zero-order valence-electron chi connectivity index (χ0n) is 4.20. The molecule has 9 heavy (non-hydrogen) atoms. The molecule has 1 aromatic rings. The Labute approximate surface area is 54.2 Å². The lowest BCUT2D eigenvalue weighted by Gasteiger charge is -1.91. The molecule has 0 atom stereocenters. The van der Waals surface area contributed by atoms with Crippen LogP contribution in [0.3, 0.4) is 0 Å². The molecule has 0 aliphatic carbocycles. The number of hydrogen-bond acceptors (Lipinski definition) is 3. The van der Waals surface area contributed by atoms with Crippen LogP contribution in [0.5, 0.6) is 5.75 Å². The first-order valence-electron chi connectivity index (χ1n) is 2.20. The van der Waals surface area contributed by atoms with Gasteiger partial charge in [0.1, 0.15) is 0 Å². The highest BCUT2D eigenvalue weighted by molar-refractivity contribution is 5.42. The second-order valence-electron chi connectivity index (χ2n) is 1.41. The topological polar surface area (TPSA) is 59.1 Å². The molecule has 0 unspecified atom stereocenters. The fraction of sp³-hybridized carbons (Fsp3) is 0.167. The van der Waals surface area contributed by atoms with E-state index in [1.165, 1.54) is 12.3 Å². The molecule has 3 heteroatoms. The van der Waals surface area contributed by atoms with E-state index < -0.39 is 0 Å². The molecule has 3 nitrogen and oxygen atoms in total. The van der Waals surface area contributed by atoms with Gasteiger partial charge in [-0.25, -0.2) is 4.98 Å². The summed E-state index contributed by atoms with van der Waals surface area (Å²) in [4.78, 5) is 3.61. The number of hydrogen-bond donors (Lipinski definition) is 2. The van der Waals surface area contributed by atoms with Crippen molar-refractivity contribution in [1.29, 1.82) is 0 Å². The molecule has 0 aromatic carbocycles. The lowest BCUT2D eigenvalue weighted by atomic mass is 10.4. The average molecular weight is 126 g/mol. The second-order valence-corrected chi connectivity index (χ2v) is 1.41. The van der Waals surface area contributed by atoms with Gasteiger partial charge < -0.3 is 10.8 Å². The number of rotatable bonds is 0. The molecule has 0 saturated carbocycles. The van der Waals surface area contributed by atoms with E-state index in [-0.39, 0.29) is 19.0 Å². The predicted octanol–water partition coefficient (Wildman–Crippen LogP) is 1.01. The van der Waals surface area contributed by atoms with Crippen molar-refractivity contribution in [2.24, 2.45) is 0 Å². The van der Waals surface area contributed by atoms with E-state index >= 15 is 0 Å². The summed E-state index contributed by atoms with van der Waals surface area (Å²) in [5, 5.41) is 8.73. The van der Waals surface area contributed by atoms with E-state index in [4.69, 9.17) is 10.8 Å². The van der Waals surface area contributed by atoms with Crippen LogP contribution < -0.4 is 5.73 Å². The van der Waals surface area contributed by atoms with Gasteiger partial charge in [0.05, 0.1) is 0 Å². The van der Waals surface area contributed by atoms with E-state index in [0.29, 0.717) is 0 Å². The van der Waals surface area contributed by atoms with Crippen LogP contribution in [0.2, 0.25) is 0 Å². The zero-order valence-corrected chi connectivity index (χ0v) is 4.20. The van der Waals surface area contributed by atoms with Gasteiger partial charge in [-0.2, -0.15) is 0 Å². The number of anilines is 1. The molecule has 3 N–H and O–H groups in total. The van der Waals surface area contributed by atoms with Gasteiger partial charge in [-0.15, -0.1) is 0 Å². The average Bonchev–Trinajstić information content (AvgIpc) is 1.77. The molecule has 0 aliphatic heterocycles. The molecule has 0 fully saturated rings. The van der Waals surface area contributed by atoms with Gasteiger partial charge in [0.2, 0.25) is 0 Å². The minimum atomic E-state index is 0. The van der Waals surface area contributed by atoms with Crippen LogP contribution in [0.15, 0.2) is 18.3 Å². The Balaban J connectivity index is 0.000000640. The smallest absolute Gasteiger partial charge is 0.165 e. The standard InChI is InChI=1S/C5H6N2O.CH4/c6-5-4(8)2-1-3-7-5;/h1-3,8H,(H2,6,7);1H4. The van der Waals surface area contributed by atoms with Gasteiger partial charge in [-0.05, 0) is 12.1 Å². The molecule has 0 bridgehead atoms. The third-order valence-corrected chi connectivity index (χ3v) is 0.816. The Bertz CT molecular complexity index is 167. The minimum Gasteiger partial charge on any atom is -0.504 e. The van der Waals surface area contributed by atoms with Gasteiger partial charge in [-0.3, -0.25) is 0 Å². The molecule has 1 rings (SSSR count). The van der Waals surface area contributed by atoms with Crippen LogP contribution in [-0.2, 0) is 0 Å². The van der Waals surface area contributed by atoms with E-state index in [2.05, 4.69) is 4.98 Å². The van der Waals surface area contributed by atoms with Crippen LogP contribution in [0, 0.1) is 0 Å². The van der Waals surface area contributed by atoms with E-state index in [1.807, 2.05) is 0 Å². The van der Waals surface area contributed by atoms with Crippen LogP contribution in [0.4, 0.5) is 5.82 Å². The van der Waals surface area contributed by atoms with Crippen molar-refractivity contribution in [2.45, 2.75) is 7.43 Å². The van der Waals surface area contributed by atoms with Crippen molar-refractivity contribution in [2.75, 3.05) is 5.73 Å². The first-order chi connectivity index (χ1) is 3.80. The Hall–Kier alpha value is -1.25. The maximum absolute atomic E-state index is 8.73. The van der Waals surface area contributed by atoms with Crippen molar-refractivity contribution in [3.8, 4) is 5.75 Å². The highest BCUT2D eigenvalue weighted by Gasteiger charge is 1.89. The first-order valence-corrected chi connectivity index (χ1v) is 2.20. The predicted molar refractivity (Wildman–Crippen MR) is 37.0 cm³/mol. The summed E-state index contributed by atoms with van der Waals surface area (Å²) in [6, 6.07) is 3.11. The number of aromatic hydroxyl groups is 1. The Morgan fingerprint density at radius 1 is 1.56 bits per heavy atom. The molecule has 50 valence electrons. The summed E-state index contributed by atoms with van der Waals surface area (Å²) in [6.07, 6.45) is 1.52. The summed E-state index contributed by atoms with van der Waals surface area (Å²) < 4.78 is 0. The van der Waals surface area contributed by atoms with Crippen LogP contribution in [0.1, 0.15) is 7.43 Å². The molecule has 1 heterocycles. The lowest BCUT2D eigenvalue weighted by Crippen LogP contribution is -1.87. The van der Waals surface area contributed by atoms with Gasteiger partial charge in [0.25, 0.3) is 0 Å². The second kappa shape index (κ2) is 2.91. The monoisotopic (exact) mass is 126 g/mol. The molecule has 0 saturated heterocycles. The highest BCUT2D eigenvalue weighted by Crippen LogP contribution is 2.12. The molecule has 0 radical (unpaired) electrons. The van der Waals surface area contributed by atoms with Crippen molar-refractivity contribution < 1.29 is 5.11 Å². The normalized spacial score (nSPS) is 8.00. The quantitative estimate of drug-likeness (QED) is 0.545. The van der Waals surface area contributed by atoms with Crippen LogP contribution >= 0.6 is 0 Å². The summed E-state index contributed by atoms with van der Waals surface area (Å²) in [6.45, 7) is 0. The Morgan fingerprint density at radius 2 is 2.22 bits per heavy atom. The van der Waals surface area contributed by atoms with E-state index in [9.17, 15) is 0 Å². The van der Waals surface area contributed by atoms with Crippen molar-refractivity contribution in [3.63, 3.8) is 0 Å². The maximum Gasteiger partial charge on any atom is 0.165 e. The summed E-state index contributed by atoms with van der Waals surface area (Å²) in [5.74, 6) is 0.208. The number of nitrogens with two attached hydrogens (primary N) is 1. The third kappa shape index (κ3) is 1.60. The zero-order chi connectivity index (χ0) is 5.98. The van der Waals surface area contributed by atoms with Crippen molar-refractivity contribution in [3.05, 3.63) is 18.3 Å². The lowest BCUT2D eigenvalue weighted by molar-refractivity contribution is 0.476. The number of nitrogen functional groups attached to an aromatic ring is 1. The molecule has 0 amide bonds. The summed E-state index contributed by atoms with van der Waals surface area (Å²) in [5.41, 5.74) is 5.16. The Kier molecular flexibility index (Phi) is 2.51. The summed E-state index contributed by atoms with van der Waals surface area (Å²) in [7, 11) is 0. The third-order valence-electron chi connectivity index (χ3n) is 0.816. The number of pyridine rings is 1. The fourth-order valence-corrected chi connectivity index (χ4v) is 0.409. The molecular weight excluding hydrogens is 116 g/mol. The van der Waals surface area contributed by atoms with E-state index in [0.717, 1.165) is 0 Å². The minimum absolute atomic E-state index is 0. The molecule has 1 aromatic heterocycles. The van der Waals surface area contributed by atoms with Crippen molar-refractivity contribution in [1.82, 2.24) is 4.98 Å². The number of aromatic nitrogens is 1. The van der Waals surface area contributed by atoms with Gasteiger partial charge >= 0.3 is 0 Å². The first kappa shape index (κ1) is 7.75.